The molecule has 0 radical (unpaired) electrons. The van der Waals surface area contributed by atoms with Gasteiger partial charge >= 0.3 is 25.7 Å². The monoisotopic (exact) mass is 94.0 g/mol. The quantitative estimate of drug-likeness (QED) is 0.345. The van der Waals surface area contributed by atoms with Crippen molar-refractivity contribution >= 4 is 8.41 Å². The minimum atomic E-state index is -2.00. The third-order valence-electron chi connectivity index (χ3n) is 0. The van der Waals surface area contributed by atoms with Gasteiger partial charge in [0.1, 0.15) is 0 Å². The van der Waals surface area contributed by atoms with Crippen molar-refractivity contribution in [2.75, 3.05) is 0 Å². The number of hydrogen-bond donors (Lipinski definition) is 0. The van der Waals surface area contributed by atoms with Crippen LogP contribution in [0.2, 0.25) is 0 Å². The summed E-state index contributed by atoms with van der Waals surface area (Å²) in [6.45, 7) is 0. The minimum absolute atomic E-state index is 0. The van der Waals surface area contributed by atoms with Crippen molar-refractivity contribution in [3.63, 3.8) is 0 Å². The van der Waals surface area contributed by atoms with Crippen molar-refractivity contribution < 1.29 is 25.7 Å². The molecule has 0 N–H and O–H groups in total. The second-order valence-electron chi connectivity index (χ2n) is 0.0833. The molecule has 0 aliphatic carbocycles. The Morgan fingerprint density at radius 3 is 1.25 bits per heavy atom. The standard InChI is InChI=1S/BH3.2O.Ti/h1H3;;;. The van der Waals surface area contributed by atoms with Gasteiger partial charge < -0.3 is 0 Å². The summed E-state index contributed by atoms with van der Waals surface area (Å²) in [5, 5.41) is 0. The van der Waals surface area contributed by atoms with Gasteiger partial charge in [0.05, 0.1) is 8.41 Å². The molecule has 0 aromatic carbocycles. The van der Waals surface area contributed by atoms with E-state index in [2.05, 4.69) is 0 Å². The molecule has 0 aromatic heterocycles. The van der Waals surface area contributed by atoms with Gasteiger partial charge in [-0.05, 0) is 0 Å². The maximum absolute atomic E-state index is 8.50. The molecular formula is H3BO2Ti. The number of hydrogen-bond acceptors (Lipinski definition) is 2. The number of rotatable bonds is 0. The summed E-state index contributed by atoms with van der Waals surface area (Å²) in [7, 11) is 0. The summed E-state index contributed by atoms with van der Waals surface area (Å²) in [6, 6.07) is 0. The molecule has 4 heteroatoms. The molecule has 0 bridgehead atoms. The van der Waals surface area contributed by atoms with E-state index in [0.717, 1.165) is 0 Å². The van der Waals surface area contributed by atoms with Crippen molar-refractivity contribution in [3.05, 3.63) is 0 Å². The van der Waals surface area contributed by atoms with Gasteiger partial charge in [-0.25, -0.2) is 0 Å². The zero-order valence-electron chi connectivity index (χ0n) is 1.32. The van der Waals surface area contributed by atoms with E-state index < -0.39 is 19.1 Å². The predicted octanol–water partition coefficient (Wildman–Crippen LogP) is -1.42. The first kappa shape index (κ1) is 8.83. The van der Waals surface area contributed by atoms with Gasteiger partial charge in [-0.2, -0.15) is 0 Å². The Hall–Kier alpha value is 0.379. The average molecular weight is 93.7 g/mol. The van der Waals surface area contributed by atoms with Crippen molar-refractivity contribution in [1.82, 2.24) is 0 Å². The molecule has 0 fully saturated rings. The van der Waals surface area contributed by atoms with Gasteiger partial charge in [-0.15, -0.1) is 0 Å². The van der Waals surface area contributed by atoms with E-state index in [9.17, 15) is 0 Å². The Morgan fingerprint density at radius 1 is 1.25 bits per heavy atom. The van der Waals surface area contributed by atoms with Crippen molar-refractivity contribution in [2.24, 2.45) is 0 Å². The first-order valence-corrected chi connectivity index (χ1v) is 1.68. The molecule has 0 rings (SSSR count). The Kier molecular flexibility index (Phi) is 22.2. The van der Waals surface area contributed by atoms with Crippen LogP contribution in [-0.2, 0) is 25.7 Å². The molecule has 0 aromatic rings. The molecule has 0 saturated heterocycles. The molecule has 0 atom stereocenters. The van der Waals surface area contributed by atoms with E-state index in [1.165, 1.54) is 0 Å². The zero-order valence-corrected chi connectivity index (χ0v) is 2.88. The van der Waals surface area contributed by atoms with Crippen LogP contribution >= 0.6 is 0 Å². The Bertz CT molecular complexity index is 27.0. The second kappa shape index (κ2) is 10.1. The Labute approximate surface area is 34.7 Å². The summed E-state index contributed by atoms with van der Waals surface area (Å²) in [6.07, 6.45) is 0. The Morgan fingerprint density at radius 2 is 1.25 bits per heavy atom. The summed E-state index contributed by atoms with van der Waals surface area (Å²) >= 11 is -2.00. The fourth-order valence-electron chi connectivity index (χ4n) is 0. The van der Waals surface area contributed by atoms with Gasteiger partial charge in [0, 0.05) is 0 Å². The first-order valence-electron chi connectivity index (χ1n) is 0.408. The van der Waals surface area contributed by atoms with Crippen molar-refractivity contribution in [2.45, 2.75) is 0 Å². The molecular weight excluding hydrogens is 90.7 g/mol. The van der Waals surface area contributed by atoms with Crippen LogP contribution < -0.4 is 0 Å². The van der Waals surface area contributed by atoms with Crippen LogP contribution in [-0.4, -0.2) is 8.41 Å². The zero-order chi connectivity index (χ0) is 2.71. The third-order valence-corrected chi connectivity index (χ3v) is 0. The summed E-state index contributed by atoms with van der Waals surface area (Å²) in [5.74, 6) is 0. The van der Waals surface area contributed by atoms with E-state index >= 15 is 0 Å². The van der Waals surface area contributed by atoms with Crippen LogP contribution in [0.4, 0.5) is 0 Å². The van der Waals surface area contributed by atoms with E-state index in [1.54, 1.807) is 0 Å². The van der Waals surface area contributed by atoms with Crippen LogP contribution in [0.3, 0.4) is 0 Å². The van der Waals surface area contributed by atoms with Gasteiger partial charge in [0.25, 0.3) is 0 Å². The molecule has 0 aliphatic rings. The third kappa shape index (κ3) is 31.5. The van der Waals surface area contributed by atoms with Crippen LogP contribution in [0.15, 0.2) is 0 Å². The van der Waals surface area contributed by atoms with Crippen molar-refractivity contribution in [3.8, 4) is 0 Å². The normalized spacial score (nSPS) is 2.00. The average Bonchev–Trinajstić information content (AvgIpc) is 0.918. The van der Waals surface area contributed by atoms with Crippen LogP contribution in [0, 0.1) is 0 Å². The summed E-state index contributed by atoms with van der Waals surface area (Å²) < 4.78 is 17.0. The topological polar surface area (TPSA) is 34.1 Å². The molecule has 0 heterocycles. The summed E-state index contributed by atoms with van der Waals surface area (Å²) in [4.78, 5) is 0. The van der Waals surface area contributed by atoms with Gasteiger partial charge in [0.2, 0.25) is 0 Å². The van der Waals surface area contributed by atoms with Crippen molar-refractivity contribution in [1.29, 1.82) is 0 Å². The van der Waals surface area contributed by atoms with Gasteiger partial charge in [-0.3, -0.25) is 0 Å². The molecule has 0 amide bonds. The summed E-state index contributed by atoms with van der Waals surface area (Å²) in [5.41, 5.74) is 0. The first-order chi connectivity index (χ1) is 1.41. The Balaban J connectivity index is 0. The molecule has 2 nitrogen and oxygen atoms in total. The van der Waals surface area contributed by atoms with Gasteiger partial charge in [0.15, 0.2) is 0 Å². The van der Waals surface area contributed by atoms with E-state index in [4.69, 9.17) is 6.65 Å². The second-order valence-corrected chi connectivity index (χ2v) is 0.344. The van der Waals surface area contributed by atoms with Crippen LogP contribution in [0.25, 0.3) is 0 Å². The molecule has 0 saturated carbocycles. The molecule has 0 unspecified atom stereocenters. The molecule has 0 spiro atoms. The predicted molar refractivity (Wildman–Crippen MR) is 11.3 cm³/mol. The SMILES string of the molecule is B.[O]=[Ti]=[O]. The molecule has 0 aliphatic heterocycles. The van der Waals surface area contributed by atoms with E-state index in [0.29, 0.717) is 0 Å². The maximum atomic E-state index is 8.50. The van der Waals surface area contributed by atoms with Crippen LogP contribution in [0.5, 0.6) is 0 Å². The van der Waals surface area contributed by atoms with E-state index in [1.807, 2.05) is 0 Å². The molecule has 22 valence electrons. The van der Waals surface area contributed by atoms with Gasteiger partial charge in [-0.1, -0.05) is 0 Å². The van der Waals surface area contributed by atoms with E-state index in [-0.39, 0.29) is 8.41 Å². The van der Waals surface area contributed by atoms with Crippen LogP contribution in [0.1, 0.15) is 0 Å². The fraction of sp³-hybridized carbons (Fsp3) is 0. The molecule has 4 heavy (non-hydrogen) atoms. The fourth-order valence-corrected chi connectivity index (χ4v) is 0.